The number of hydrogen-bond donors (Lipinski definition) is 0. The molecule has 0 spiro atoms. The molecule has 10 heteroatoms. The number of methoxy groups -OCH3 is 1. The second kappa shape index (κ2) is 8.33. The second-order valence-electron chi connectivity index (χ2n) is 6.23. The highest BCUT2D eigenvalue weighted by atomic mass is 16.5. The smallest absolute Gasteiger partial charge is 0.241 e. The van der Waals surface area contributed by atoms with Gasteiger partial charge in [-0.25, -0.2) is 4.68 Å². The van der Waals surface area contributed by atoms with Crippen molar-refractivity contribution >= 4 is 0 Å². The molecule has 0 radical (unpaired) electrons. The van der Waals surface area contributed by atoms with Crippen molar-refractivity contribution in [1.29, 1.82) is 0 Å². The molecule has 4 rings (SSSR count). The Bertz CT molecular complexity index is 851. The first kappa shape index (κ1) is 17.7. The zero-order chi connectivity index (χ0) is 18.5. The minimum atomic E-state index is -0.206. The quantitative estimate of drug-likeness (QED) is 0.600. The average Bonchev–Trinajstić information content (AvgIpc) is 3.37. The summed E-state index contributed by atoms with van der Waals surface area (Å²) in [4.78, 5) is 6.70. The second-order valence-corrected chi connectivity index (χ2v) is 6.23. The number of aromatic nitrogens is 6. The molecule has 1 aliphatic rings. The summed E-state index contributed by atoms with van der Waals surface area (Å²) in [6.07, 6.45) is -0.206. The molecule has 1 aromatic carbocycles. The molecular formula is C17H21N7O3. The fourth-order valence-corrected chi connectivity index (χ4v) is 3.00. The Morgan fingerprint density at radius 3 is 3.00 bits per heavy atom. The van der Waals surface area contributed by atoms with E-state index in [-0.39, 0.29) is 6.10 Å². The van der Waals surface area contributed by atoms with Crippen molar-refractivity contribution in [3.63, 3.8) is 0 Å². The Labute approximate surface area is 156 Å². The molecule has 1 atom stereocenters. The number of nitrogens with zero attached hydrogens (tertiary/aromatic N) is 7. The van der Waals surface area contributed by atoms with Gasteiger partial charge in [0, 0.05) is 25.8 Å². The van der Waals surface area contributed by atoms with Gasteiger partial charge in [0.25, 0.3) is 0 Å². The molecule has 0 saturated carbocycles. The van der Waals surface area contributed by atoms with E-state index < -0.39 is 0 Å². The maximum Gasteiger partial charge on any atom is 0.241 e. The highest BCUT2D eigenvalue weighted by Gasteiger charge is 2.27. The third-order valence-electron chi connectivity index (χ3n) is 4.36. The van der Waals surface area contributed by atoms with Crippen LogP contribution in [0.2, 0.25) is 0 Å². The van der Waals surface area contributed by atoms with Gasteiger partial charge in [-0.2, -0.15) is 4.98 Å². The normalized spacial score (nSPS) is 18.0. The summed E-state index contributed by atoms with van der Waals surface area (Å²) in [5.41, 5.74) is 0.935. The van der Waals surface area contributed by atoms with Crippen LogP contribution < -0.4 is 0 Å². The van der Waals surface area contributed by atoms with Gasteiger partial charge < -0.3 is 14.0 Å². The molecule has 1 fully saturated rings. The Morgan fingerprint density at radius 1 is 1.26 bits per heavy atom. The summed E-state index contributed by atoms with van der Waals surface area (Å²) in [5, 5.41) is 16.0. The summed E-state index contributed by atoms with van der Waals surface area (Å²) in [6, 6.07) is 9.77. The fraction of sp³-hybridized carbons (Fsp3) is 0.471. The molecule has 0 unspecified atom stereocenters. The molecule has 0 amide bonds. The number of hydrogen-bond acceptors (Lipinski definition) is 9. The molecule has 0 N–H and O–H groups in total. The van der Waals surface area contributed by atoms with Gasteiger partial charge in [0.05, 0.1) is 26.3 Å². The van der Waals surface area contributed by atoms with Crippen LogP contribution in [0.5, 0.6) is 0 Å². The van der Waals surface area contributed by atoms with Gasteiger partial charge in [0.2, 0.25) is 11.7 Å². The van der Waals surface area contributed by atoms with E-state index in [9.17, 15) is 0 Å². The molecule has 1 aliphatic heterocycles. The summed E-state index contributed by atoms with van der Waals surface area (Å²) in [6.45, 7) is 3.69. The lowest BCUT2D eigenvalue weighted by molar-refractivity contribution is -0.0421. The first-order valence-corrected chi connectivity index (χ1v) is 8.80. The summed E-state index contributed by atoms with van der Waals surface area (Å²) < 4.78 is 18.1. The lowest BCUT2D eigenvalue weighted by atomic mass is 10.2. The van der Waals surface area contributed by atoms with Gasteiger partial charge in [-0.1, -0.05) is 35.5 Å². The van der Waals surface area contributed by atoms with Crippen molar-refractivity contribution in [3.8, 4) is 11.4 Å². The number of ether oxygens (including phenoxy) is 2. The van der Waals surface area contributed by atoms with Gasteiger partial charge in [0.1, 0.15) is 6.10 Å². The number of morpholine rings is 1. The molecule has 2 aromatic heterocycles. The van der Waals surface area contributed by atoms with Gasteiger partial charge in [-0.15, -0.1) is 5.10 Å². The predicted octanol–water partition coefficient (Wildman–Crippen LogP) is 0.943. The largest absolute Gasteiger partial charge is 0.383 e. The molecule has 3 heterocycles. The SMILES string of the molecule is COCCn1nnnc1[C@H]1CN(Cc2nc(-c3ccccc3)no2)CCO1. The van der Waals surface area contributed by atoms with Crippen molar-refractivity contribution in [2.75, 3.05) is 33.4 Å². The molecular weight excluding hydrogens is 350 g/mol. The van der Waals surface area contributed by atoms with Crippen LogP contribution in [-0.2, 0) is 22.6 Å². The van der Waals surface area contributed by atoms with Gasteiger partial charge in [-0.05, 0) is 10.4 Å². The van der Waals surface area contributed by atoms with Crippen molar-refractivity contribution in [2.45, 2.75) is 19.2 Å². The molecule has 1 saturated heterocycles. The number of benzene rings is 1. The highest BCUT2D eigenvalue weighted by Crippen LogP contribution is 2.22. The van der Waals surface area contributed by atoms with Crippen molar-refractivity contribution in [1.82, 2.24) is 35.2 Å². The minimum absolute atomic E-state index is 0.206. The first-order chi connectivity index (χ1) is 13.3. The predicted molar refractivity (Wildman–Crippen MR) is 93.4 cm³/mol. The maximum absolute atomic E-state index is 5.87. The molecule has 0 bridgehead atoms. The topological polar surface area (TPSA) is 104 Å². The zero-order valence-electron chi connectivity index (χ0n) is 15.1. The van der Waals surface area contributed by atoms with Crippen LogP contribution in [0.3, 0.4) is 0 Å². The maximum atomic E-state index is 5.87. The monoisotopic (exact) mass is 371 g/mol. The van der Waals surface area contributed by atoms with E-state index >= 15 is 0 Å². The fourth-order valence-electron chi connectivity index (χ4n) is 3.00. The Kier molecular flexibility index (Phi) is 5.47. The Balaban J connectivity index is 1.41. The lowest BCUT2D eigenvalue weighted by Crippen LogP contribution is -2.39. The Morgan fingerprint density at radius 2 is 2.15 bits per heavy atom. The molecule has 0 aliphatic carbocycles. The van der Waals surface area contributed by atoms with E-state index in [1.165, 1.54) is 0 Å². The van der Waals surface area contributed by atoms with Crippen LogP contribution in [0, 0.1) is 0 Å². The van der Waals surface area contributed by atoms with E-state index in [0.29, 0.717) is 50.4 Å². The van der Waals surface area contributed by atoms with E-state index in [2.05, 4.69) is 30.6 Å². The van der Waals surface area contributed by atoms with Crippen LogP contribution >= 0.6 is 0 Å². The first-order valence-electron chi connectivity index (χ1n) is 8.80. The standard InChI is InChI=1S/C17H21N7O3/c1-25-9-8-24-17(19-21-22-24)14-11-23(7-10-26-14)12-15-18-16(20-27-15)13-5-3-2-4-6-13/h2-6,14H,7-12H2,1H3/t14-/m1/s1. The highest BCUT2D eigenvalue weighted by molar-refractivity contribution is 5.53. The van der Waals surface area contributed by atoms with Gasteiger partial charge >= 0.3 is 0 Å². The van der Waals surface area contributed by atoms with Gasteiger partial charge in [-0.3, -0.25) is 4.90 Å². The third kappa shape index (κ3) is 4.18. The molecule has 142 valence electrons. The van der Waals surface area contributed by atoms with Crippen molar-refractivity contribution in [2.24, 2.45) is 0 Å². The Hall–Kier alpha value is -2.69. The zero-order valence-corrected chi connectivity index (χ0v) is 15.1. The van der Waals surface area contributed by atoms with E-state index in [4.69, 9.17) is 14.0 Å². The molecule has 27 heavy (non-hydrogen) atoms. The van der Waals surface area contributed by atoms with Crippen LogP contribution in [0.15, 0.2) is 34.9 Å². The summed E-state index contributed by atoms with van der Waals surface area (Å²) in [7, 11) is 1.65. The van der Waals surface area contributed by atoms with Crippen LogP contribution in [0.1, 0.15) is 17.8 Å². The van der Waals surface area contributed by atoms with E-state index in [1.807, 2.05) is 30.3 Å². The van der Waals surface area contributed by atoms with Crippen LogP contribution in [-0.4, -0.2) is 68.7 Å². The molecule has 3 aromatic rings. The van der Waals surface area contributed by atoms with Crippen molar-refractivity contribution in [3.05, 3.63) is 42.0 Å². The lowest BCUT2D eigenvalue weighted by Gasteiger charge is -2.31. The minimum Gasteiger partial charge on any atom is -0.383 e. The number of rotatable bonds is 7. The van der Waals surface area contributed by atoms with Crippen LogP contribution in [0.4, 0.5) is 0 Å². The van der Waals surface area contributed by atoms with Crippen LogP contribution in [0.25, 0.3) is 11.4 Å². The van der Waals surface area contributed by atoms with Crippen molar-refractivity contribution < 1.29 is 14.0 Å². The summed E-state index contributed by atoms with van der Waals surface area (Å²) in [5.74, 6) is 1.87. The van der Waals surface area contributed by atoms with Gasteiger partial charge in [0.15, 0.2) is 5.82 Å². The summed E-state index contributed by atoms with van der Waals surface area (Å²) >= 11 is 0. The number of tetrazole rings is 1. The molecule has 10 nitrogen and oxygen atoms in total. The van der Waals surface area contributed by atoms with E-state index in [1.54, 1.807) is 11.8 Å². The van der Waals surface area contributed by atoms with E-state index in [0.717, 1.165) is 12.1 Å². The third-order valence-corrected chi connectivity index (χ3v) is 4.36. The average molecular weight is 371 g/mol.